The molecule has 1 saturated heterocycles. The average Bonchev–Trinajstić information content (AvgIpc) is 3.40. The van der Waals surface area contributed by atoms with Gasteiger partial charge in [-0.2, -0.15) is 0 Å². The smallest absolute Gasteiger partial charge is 0.251 e. The second kappa shape index (κ2) is 9.26. The van der Waals surface area contributed by atoms with Crippen LogP contribution < -0.4 is 10.1 Å². The maximum absolute atomic E-state index is 12.2. The Kier molecular flexibility index (Phi) is 6.28. The molecule has 0 spiro atoms. The second-order valence-electron chi connectivity index (χ2n) is 7.81. The largest absolute Gasteiger partial charge is 0.494 e. The van der Waals surface area contributed by atoms with E-state index in [1.807, 2.05) is 16.8 Å². The van der Waals surface area contributed by atoms with Crippen LogP contribution in [-0.2, 0) is 11.3 Å². The fourth-order valence-electron chi connectivity index (χ4n) is 3.61. The molecule has 2 aromatic carbocycles. The molecule has 0 bridgehead atoms. The number of ether oxygens (including phenoxy) is 2. The summed E-state index contributed by atoms with van der Waals surface area (Å²) < 4.78 is 13.3. The molecule has 1 N–H and O–H groups in total. The first-order valence-corrected chi connectivity index (χ1v) is 10.5. The standard InChI is InChI=1S/C23H28N4O3/c1-16-13-21-22(14-17(16)2)27(26-25-21)10-4-12-29-19-8-6-18(7-9-19)23(28)24-15-20-5-3-11-30-20/h6-9,13-14,20H,3-5,10-12,15H2,1-2H3,(H,24,28). The van der Waals surface area contributed by atoms with Gasteiger partial charge in [-0.15, -0.1) is 5.10 Å². The monoisotopic (exact) mass is 408 g/mol. The summed E-state index contributed by atoms with van der Waals surface area (Å²) in [7, 11) is 0. The zero-order valence-electron chi connectivity index (χ0n) is 17.6. The van der Waals surface area contributed by atoms with Gasteiger partial charge < -0.3 is 14.8 Å². The first-order valence-electron chi connectivity index (χ1n) is 10.5. The van der Waals surface area contributed by atoms with Crippen molar-refractivity contribution in [2.75, 3.05) is 19.8 Å². The molecule has 7 nitrogen and oxygen atoms in total. The molecule has 1 atom stereocenters. The lowest BCUT2D eigenvalue weighted by atomic mass is 10.1. The van der Waals surface area contributed by atoms with Crippen molar-refractivity contribution in [2.45, 2.75) is 45.8 Å². The van der Waals surface area contributed by atoms with Gasteiger partial charge in [0.2, 0.25) is 0 Å². The van der Waals surface area contributed by atoms with Crippen LogP contribution in [0.25, 0.3) is 11.0 Å². The van der Waals surface area contributed by atoms with Crippen LogP contribution in [0.15, 0.2) is 36.4 Å². The molecule has 30 heavy (non-hydrogen) atoms. The summed E-state index contributed by atoms with van der Waals surface area (Å²) in [4.78, 5) is 12.2. The van der Waals surface area contributed by atoms with Gasteiger partial charge in [-0.25, -0.2) is 4.68 Å². The van der Waals surface area contributed by atoms with Gasteiger partial charge in [-0.1, -0.05) is 5.21 Å². The lowest BCUT2D eigenvalue weighted by molar-refractivity contribution is 0.0857. The lowest BCUT2D eigenvalue weighted by Gasteiger charge is -2.11. The number of nitrogens with zero attached hydrogens (tertiary/aromatic N) is 3. The van der Waals surface area contributed by atoms with Crippen LogP contribution in [0.4, 0.5) is 0 Å². The topological polar surface area (TPSA) is 78.3 Å². The van der Waals surface area contributed by atoms with Crippen LogP contribution in [-0.4, -0.2) is 46.8 Å². The van der Waals surface area contributed by atoms with Crippen molar-refractivity contribution in [1.82, 2.24) is 20.3 Å². The van der Waals surface area contributed by atoms with Crippen molar-refractivity contribution in [3.05, 3.63) is 53.1 Å². The summed E-state index contributed by atoms with van der Waals surface area (Å²) in [5.74, 6) is 0.668. The highest BCUT2D eigenvalue weighted by molar-refractivity contribution is 5.94. The van der Waals surface area contributed by atoms with Gasteiger partial charge in [-0.05, 0) is 74.2 Å². The molecule has 1 aliphatic heterocycles. The lowest BCUT2D eigenvalue weighted by Crippen LogP contribution is -2.31. The van der Waals surface area contributed by atoms with E-state index in [1.165, 1.54) is 11.1 Å². The molecule has 1 aliphatic rings. The van der Waals surface area contributed by atoms with E-state index in [-0.39, 0.29) is 12.0 Å². The molecule has 1 amide bonds. The minimum Gasteiger partial charge on any atom is -0.494 e. The number of nitrogens with one attached hydrogen (secondary N) is 1. The fraction of sp³-hybridized carbons (Fsp3) is 0.435. The Labute approximate surface area is 176 Å². The molecule has 1 aromatic heterocycles. The summed E-state index contributed by atoms with van der Waals surface area (Å²) in [5, 5.41) is 11.4. The number of rotatable bonds is 8. The third kappa shape index (κ3) is 4.79. The number of carbonyl (C=O) groups excluding carboxylic acids is 1. The third-order valence-electron chi connectivity index (χ3n) is 5.54. The second-order valence-corrected chi connectivity index (χ2v) is 7.81. The molecule has 3 aromatic rings. The van der Waals surface area contributed by atoms with Crippen molar-refractivity contribution in [1.29, 1.82) is 0 Å². The van der Waals surface area contributed by atoms with Crippen molar-refractivity contribution >= 4 is 16.9 Å². The highest BCUT2D eigenvalue weighted by Gasteiger charge is 2.16. The molecular formula is C23H28N4O3. The highest BCUT2D eigenvalue weighted by Crippen LogP contribution is 2.18. The van der Waals surface area contributed by atoms with Gasteiger partial charge in [0, 0.05) is 31.7 Å². The van der Waals surface area contributed by atoms with Gasteiger partial charge >= 0.3 is 0 Å². The number of aryl methyl sites for hydroxylation is 3. The van der Waals surface area contributed by atoms with Gasteiger partial charge in [0.15, 0.2) is 0 Å². The maximum Gasteiger partial charge on any atom is 0.251 e. The summed E-state index contributed by atoms with van der Waals surface area (Å²) in [6, 6.07) is 11.4. The zero-order valence-corrected chi connectivity index (χ0v) is 17.6. The summed E-state index contributed by atoms with van der Waals surface area (Å²) in [6.07, 6.45) is 3.04. The number of fused-ring (bicyclic) bond motifs is 1. The Bertz CT molecular complexity index is 1010. The molecule has 1 unspecified atom stereocenters. The molecule has 4 rings (SSSR count). The number of hydrogen-bond acceptors (Lipinski definition) is 5. The Balaban J connectivity index is 1.23. The number of aromatic nitrogens is 3. The van der Waals surface area contributed by atoms with E-state index >= 15 is 0 Å². The van der Waals surface area contributed by atoms with Crippen molar-refractivity contribution in [3.63, 3.8) is 0 Å². The number of hydrogen-bond donors (Lipinski definition) is 1. The van der Waals surface area contributed by atoms with Crippen molar-refractivity contribution < 1.29 is 14.3 Å². The molecule has 158 valence electrons. The maximum atomic E-state index is 12.2. The highest BCUT2D eigenvalue weighted by atomic mass is 16.5. The molecule has 7 heteroatoms. The van der Waals surface area contributed by atoms with Crippen LogP contribution in [0.2, 0.25) is 0 Å². The van der Waals surface area contributed by atoms with E-state index in [1.54, 1.807) is 12.1 Å². The van der Waals surface area contributed by atoms with Gasteiger partial charge in [0.1, 0.15) is 11.3 Å². The van der Waals surface area contributed by atoms with E-state index in [0.717, 1.165) is 49.2 Å². The first kappa shape index (κ1) is 20.3. The number of benzene rings is 2. The zero-order chi connectivity index (χ0) is 20.9. The molecular weight excluding hydrogens is 380 g/mol. The Morgan fingerprint density at radius 3 is 2.80 bits per heavy atom. The van der Waals surface area contributed by atoms with E-state index < -0.39 is 0 Å². The minimum atomic E-state index is -0.0827. The van der Waals surface area contributed by atoms with E-state index in [4.69, 9.17) is 9.47 Å². The summed E-state index contributed by atoms with van der Waals surface area (Å²) >= 11 is 0. The Morgan fingerprint density at radius 1 is 1.23 bits per heavy atom. The Morgan fingerprint density at radius 2 is 2.03 bits per heavy atom. The minimum absolute atomic E-state index is 0.0827. The molecule has 0 radical (unpaired) electrons. The van der Waals surface area contributed by atoms with Crippen LogP contribution in [0.5, 0.6) is 5.75 Å². The normalized spacial score (nSPS) is 16.1. The van der Waals surface area contributed by atoms with Gasteiger partial charge in [0.05, 0.1) is 18.2 Å². The van der Waals surface area contributed by atoms with Crippen LogP contribution in [0.1, 0.15) is 40.7 Å². The van der Waals surface area contributed by atoms with Crippen LogP contribution in [0.3, 0.4) is 0 Å². The third-order valence-corrected chi connectivity index (χ3v) is 5.54. The molecule has 1 fully saturated rings. The van der Waals surface area contributed by atoms with Gasteiger partial charge in [0.25, 0.3) is 5.91 Å². The predicted molar refractivity (Wildman–Crippen MR) is 115 cm³/mol. The van der Waals surface area contributed by atoms with Gasteiger partial charge in [-0.3, -0.25) is 4.79 Å². The van der Waals surface area contributed by atoms with Crippen molar-refractivity contribution in [2.24, 2.45) is 0 Å². The molecule has 0 saturated carbocycles. The Hall–Kier alpha value is -2.93. The quantitative estimate of drug-likeness (QED) is 0.578. The molecule has 2 heterocycles. The van der Waals surface area contributed by atoms with Crippen LogP contribution >= 0.6 is 0 Å². The summed E-state index contributed by atoms with van der Waals surface area (Å²) in [5.41, 5.74) is 5.06. The van der Waals surface area contributed by atoms with Crippen LogP contribution in [0, 0.1) is 13.8 Å². The van der Waals surface area contributed by atoms with E-state index in [9.17, 15) is 4.79 Å². The number of carbonyl (C=O) groups is 1. The SMILES string of the molecule is Cc1cc2nnn(CCCOc3ccc(C(=O)NCC4CCCO4)cc3)c2cc1C. The van der Waals surface area contributed by atoms with Crippen molar-refractivity contribution in [3.8, 4) is 5.75 Å². The van der Waals surface area contributed by atoms with E-state index in [2.05, 4.69) is 41.6 Å². The average molecular weight is 409 g/mol. The molecule has 0 aliphatic carbocycles. The van der Waals surface area contributed by atoms with E-state index in [0.29, 0.717) is 18.7 Å². The number of amides is 1. The summed E-state index contributed by atoms with van der Waals surface area (Å²) in [6.45, 7) is 6.84. The first-order chi connectivity index (χ1) is 14.6. The fourth-order valence-corrected chi connectivity index (χ4v) is 3.61. The predicted octanol–water partition coefficient (Wildman–Crippen LogP) is 3.43.